The summed E-state index contributed by atoms with van der Waals surface area (Å²) in [5.41, 5.74) is 3.14. The number of para-hydroxylation sites is 1. The molecule has 0 aliphatic carbocycles. The molecule has 9 heteroatoms. The molecule has 36 heavy (non-hydrogen) atoms. The van der Waals surface area contributed by atoms with Gasteiger partial charge in [-0.1, -0.05) is 30.3 Å². The summed E-state index contributed by atoms with van der Waals surface area (Å²) in [5, 5.41) is 5.30. The maximum absolute atomic E-state index is 13.4. The zero-order chi connectivity index (χ0) is 24.2. The highest BCUT2D eigenvalue weighted by molar-refractivity contribution is 7.98. The van der Waals surface area contributed by atoms with Crippen molar-refractivity contribution in [2.75, 3.05) is 6.26 Å². The second-order valence-electron chi connectivity index (χ2n) is 8.32. The Hall–Kier alpha value is -4.50. The third-order valence-electron chi connectivity index (χ3n) is 6.31. The molecule has 8 nitrogen and oxygen atoms in total. The molecular weight excluding hydrogens is 474 g/mol. The van der Waals surface area contributed by atoms with Gasteiger partial charge in [0.2, 0.25) is 11.7 Å². The molecule has 0 saturated carbocycles. The van der Waals surface area contributed by atoms with Gasteiger partial charge in [-0.2, -0.15) is 0 Å². The minimum atomic E-state index is -0.516. The highest BCUT2D eigenvalue weighted by Gasteiger charge is 2.37. The van der Waals surface area contributed by atoms with Crippen molar-refractivity contribution in [3.05, 3.63) is 106 Å². The number of nitrogens with zero attached hydrogens (tertiary/aromatic N) is 5. The van der Waals surface area contributed by atoms with E-state index >= 15 is 0 Å². The smallest absolute Gasteiger partial charge is 0.344 e. The fourth-order valence-electron chi connectivity index (χ4n) is 4.66. The first-order chi connectivity index (χ1) is 17.7. The number of rotatable bonds is 3. The third-order valence-corrected chi connectivity index (χ3v) is 7.05. The molecule has 1 aliphatic rings. The number of benzene rings is 2. The molecule has 0 fully saturated rings. The van der Waals surface area contributed by atoms with Gasteiger partial charge in [-0.3, -0.25) is 4.98 Å². The third kappa shape index (κ3) is 3.13. The quantitative estimate of drug-likeness (QED) is 0.243. The summed E-state index contributed by atoms with van der Waals surface area (Å²) in [6.07, 6.45) is 5.29. The van der Waals surface area contributed by atoms with Gasteiger partial charge >= 0.3 is 5.63 Å². The summed E-state index contributed by atoms with van der Waals surface area (Å²) in [7, 11) is 0. The topological polar surface area (TPSA) is 95.4 Å². The van der Waals surface area contributed by atoms with E-state index in [0.717, 1.165) is 10.5 Å². The lowest BCUT2D eigenvalue weighted by Gasteiger charge is -2.27. The number of pyridine rings is 1. The van der Waals surface area contributed by atoms with Gasteiger partial charge in [-0.25, -0.2) is 19.3 Å². The predicted octanol–water partition coefficient (Wildman–Crippen LogP) is 5.30. The van der Waals surface area contributed by atoms with Crippen LogP contribution in [0.4, 0.5) is 0 Å². The van der Waals surface area contributed by atoms with Gasteiger partial charge in [-0.15, -0.1) is 16.9 Å². The lowest BCUT2D eigenvalue weighted by atomic mass is 9.84. The minimum Gasteiger partial charge on any atom is -0.437 e. The second kappa shape index (κ2) is 8.03. The van der Waals surface area contributed by atoms with Gasteiger partial charge in [0.05, 0.1) is 22.4 Å². The molecule has 0 saturated heterocycles. The highest BCUT2D eigenvalue weighted by atomic mass is 32.2. The number of thioether (sulfide) groups is 1. The lowest BCUT2D eigenvalue weighted by molar-refractivity contribution is 0.422. The van der Waals surface area contributed by atoms with E-state index in [1.54, 1.807) is 34.9 Å². The summed E-state index contributed by atoms with van der Waals surface area (Å²) < 4.78 is 13.7. The van der Waals surface area contributed by atoms with Gasteiger partial charge in [0.25, 0.3) is 0 Å². The first-order valence-corrected chi connectivity index (χ1v) is 12.5. The van der Waals surface area contributed by atoms with E-state index in [4.69, 9.17) is 14.1 Å². The van der Waals surface area contributed by atoms with E-state index in [0.29, 0.717) is 50.9 Å². The monoisotopic (exact) mass is 491 g/mol. The first kappa shape index (κ1) is 20.8. The number of ether oxygens (including phenoxy) is 1. The number of hydrogen-bond donors (Lipinski definition) is 0. The minimum absolute atomic E-state index is 0.379. The van der Waals surface area contributed by atoms with Crippen molar-refractivity contribution >= 4 is 28.4 Å². The van der Waals surface area contributed by atoms with Crippen LogP contribution in [-0.4, -0.2) is 30.8 Å². The molecule has 4 aromatic heterocycles. The Balaban J connectivity index is 1.54. The van der Waals surface area contributed by atoms with Crippen LogP contribution in [0.5, 0.6) is 11.6 Å². The fraction of sp³-hybridized carbons (Fsp3) is 0.0741. The van der Waals surface area contributed by atoms with Gasteiger partial charge in [-0.05, 0) is 48.2 Å². The molecule has 174 valence electrons. The summed E-state index contributed by atoms with van der Waals surface area (Å²) in [6, 6.07) is 21.0. The van der Waals surface area contributed by atoms with Crippen LogP contribution < -0.4 is 10.4 Å². The Kier molecular flexibility index (Phi) is 4.65. The summed E-state index contributed by atoms with van der Waals surface area (Å²) >= 11 is 1.65. The molecule has 0 spiro atoms. The summed E-state index contributed by atoms with van der Waals surface area (Å²) in [4.78, 5) is 28.3. The van der Waals surface area contributed by atoms with Gasteiger partial charge < -0.3 is 9.15 Å². The van der Waals surface area contributed by atoms with E-state index < -0.39 is 11.5 Å². The van der Waals surface area contributed by atoms with Crippen molar-refractivity contribution in [3.63, 3.8) is 0 Å². The summed E-state index contributed by atoms with van der Waals surface area (Å²) in [5.74, 6) is 0.774. The van der Waals surface area contributed by atoms with Crippen molar-refractivity contribution < 1.29 is 9.15 Å². The fourth-order valence-corrected chi connectivity index (χ4v) is 5.07. The van der Waals surface area contributed by atoms with E-state index in [1.807, 2.05) is 66.9 Å². The van der Waals surface area contributed by atoms with Gasteiger partial charge in [0.1, 0.15) is 17.6 Å². The molecular formula is C27H17N5O3S. The van der Waals surface area contributed by atoms with Crippen molar-refractivity contribution in [3.8, 4) is 23.1 Å². The number of aromatic nitrogens is 5. The van der Waals surface area contributed by atoms with Crippen molar-refractivity contribution in [1.29, 1.82) is 0 Å². The standard InChI is InChI=1S/C27H17N5O3S/c1-36-16-11-9-15(10-12-16)20-21-23(17-6-2-3-8-19(17)34-27(21)33)35-26-22(20)25-30-24(31-32(25)14-29-26)18-7-4-5-13-28-18/h2-14,20H,1H3. The molecule has 5 heterocycles. The van der Waals surface area contributed by atoms with Crippen molar-refractivity contribution in [2.45, 2.75) is 10.8 Å². The van der Waals surface area contributed by atoms with Crippen LogP contribution in [0.1, 0.15) is 22.6 Å². The van der Waals surface area contributed by atoms with E-state index in [2.05, 4.69) is 15.1 Å². The van der Waals surface area contributed by atoms with Crippen LogP contribution in [0.3, 0.4) is 0 Å². The highest BCUT2D eigenvalue weighted by Crippen LogP contribution is 2.48. The molecule has 0 N–H and O–H groups in total. The van der Waals surface area contributed by atoms with Gasteiger partial charge in [0.15, 0.2) is 11.4 Å². The average molecular weight is 492 g/mol. The van der Waals surface area contributed by atoms with Crippen LogP contribution >= 0.6 is 11.8 Å². The lowest BCUT2D eigenvalue weighted by Crippen LogP contribution is -2.22. The Bertz CT molecular complexity index is 1830. The SMILES string of the molecule is CSc1ccc(C2c3c(c4ccccc4oc3=O)Oc3ncn4nc(-c5ccccn5)nc4c32)cc1. The normalized spacial score (nSPS) is 14.4. The van der Waals surface area contributed by atoms with Gasteiger partial charge in [0, 0.05) is 11.1 Å². The van der Waals surface area contributed by atoms with Crippen molar-refractivity contribution in [1.82, 2.24) is 24.6 Å². The van der Waals surface area contributed by atoms with Crippen molar-refractivity contribution in [2.24, 2.45) is 0 Å². The molecule has 1 unspecified atom stereocenters. The molecule has 1 aliphatic heterocycles. The Morgan fingerprint density at radius 2 is 1.78 bits per heavy atom. The molecule has 1 atom stereocenters. The van der Waals surface area contributed by atoms with Crippen LogP contribution in [0.2, 0.25) is 0 Å². The summed E-state index contributed by atoms with van der Waals surface area (Å²) in [6.45, 7) is 0. The number of hydrogen-bond acceptors (Lipinski definition) is 8. The molecule has 0 bridgehead atoms. The average Bonchev–Trinajstić information content (AvgIpc) is 3.37. The van der Waals surface area contributed by atoms with Crippen LogP contribution in [0.15, 0.2) is 93.4 Å². The maximum atomic E-state index is 13.4. The predicted molar refractivity (Wildman–Crippen MR) is 136 cm³/mol. The Labute approximate surface area is 208 Å². The van der Waals surface area contributed by atoms with Crippen LogP contribution in [0.25, 0.3) is 28.1 Å². The molecule has 6 aromatic rings. The largest absolute Gasteiger partial charge is 0.437 e. The van der Waals surface area contributed by atoms with E-state index in [1.165, 1.54) is 0 Å². The zero-order valence-corrected chi connectivity index (χ0v) is 19.8. The molecule has 0 amide bonds. The van der Waals surface area contributed by atoms with Crippen LogP contribution in [-0.2, 0) is 0 Å². The maximum Gasteiger partial charge on any atom is 0.344 e. The Morgan fingerprint density at radius 1 is 0.944 bits per heavy atom. The van der Waals surface area contributed by atoms with E-state index in [-0.39, 0.29) is 0 Å². The molecule has 0 radical (unpaired) electrons. The van der Waals surface area contributed by atoms with Crippen LogP contribution in [0, 0.1) is 0 Å². The van der Waals surface area contributed by atoms with E-state index in [9.17, 15) is 4.79 Å². The molecule has 2 aromatic carbocycles. The number of fused-ring (bicyclic) bond motifs is 6. The molecule has 7 rings (SSSR count). The zero-order valence-electron chi connectivity index (χ0n) is 19.0. The second-order valence-corrected chi connectivity index (χ2v) is 9.20. The Morgan fingerprint density at radius 3 is 2.58 bits per heavy atom. The first-order valence-electron chi connectivity index (χ1n) is 11.3.